The molecule has 0 radical (unpaired) electrons. The molecule has 0 unspecified atom stereocenters. The van der Waals surface area contributed by atoms with Crippen molar-refractivity contribution in [2.24, 2.45) is 0 Å². The predicted octanol–water partition coefficient (Wildman–Crippen LogP) is 1.61. The molecular formula is C9H13N3OS. The van der Waals surface area contributed by atoms with Gasteiger partial charge in [-0.2, -0.15) is 0 Å². The predicted molar refractivity (Wildman–Crippen MR) is 56.7 cm³/mol. The highest BCUT2D eigenvalue weighted by Gasteiger charge is 2.04. The van der Waals surface area contributed by atoms with Crippen LogP contribution < -0.4 is 5.32 Å². The maximum Gasteiger partial charge on any atom is 0.205 e. The van der Waals surface area contributed by atoms with Crippen LogP contribution >= 0.6 is 11.3 Å². The van der Waals surface area contributed by atoms with Gasteiger partial charge in [-0.25, -0.2) is 0 Å². The van der Waals surface area contributed by atoms with Gasteiger partial charge < -0.3 is 10.1 Å². The lowest BCUT2D eigenvalue weighted by molar-refractivity contribution is 0.154. The van der Waals surface area contributed by atoms with Crippen molar-refractivity contribution in [1.29, 1.82) is 0 Å². The van der Waals surface area contributed by atoms with E-state index < -0.39 is 0 Å². The Balaban J connectivity index is 1.84. The second-order valence-electron chi connectivity index (χ2n) is 3.17. The molecule has 0 aliphatic carbocycles. The van der Waals surface area contributed by atoms with Crippen molar-refractivity contribution in [2.45, 2.75) is 13.3 Å². The van der Waals surface area contributed by atoms with Gasteiger partial charge in [-0.1, -0.05) is 23.0 Å². The molecule has 2 heterocycles. The number of ether oxygens (including phenoxy) is 1. The average molecular weight is 211 g/mol. The van der Waals surface area contributed by atoms with E-state index in [1.165, 1.54) is 5.57 Å². The second-order valence-corrected chi connectivity index (χ2v) is 4.35. The highest BCUT2D eigenvalue weighted by Crippen LogP contribution is 2.15. The smallest absolute Gasteiger partial charge is 0.205 e. The lowest BCUT2D eigenvalue weighted by Crippen LogP contribution is -2.12. The third-order valence-corrected chi connectivity index (χ3v) is 2.85. The summed E-state index contributed by atoms with van der Waals surface area (Å²) in [6, 6.07) is 0. The number of rotatable bonds is 3. The first-order chi connectivity index (χ1) is 6.84. The Bertz CT molecular complexity index is 335. The molecule has 0 spiro atoms. The molecule has 0 aromatic carbocycles. The van der Waals surface area contributed by atoms with Gasteiger partial charge in [0, 0.05) is 6.54 Å². The molecule has 5 heteroatoms. The SMILES string of the molecule is Cc1nnc(NCC2=CCOCC2)s1. The van der Waals surface area contributed by atoms with Crippen LogP contribution in [0.25, 0.3) is 0 Å². The largest absolute Gasteiger partial charge is 0.377 e. The fourth-order valence-electron chi connectivity index (χ4n) is 1.28. The van der Waals surface area contributed by atoms with E-state index in [2.05, 4.69) is 21.6 Å². The highest BCUT2D eigenvalue weighted by atomic mass is 32.1. The minimum atomic E-state index is 0.742. The minimum absolute atomic E-state index is 0.742. The van der Waals surface area contributed by atoms with Gasteiger partial charge in [0.1, 0.15) is 5.01 Å². The molecule has 2 rings (SSSR count). The van der Waals surface area contributed by atoms with Gasteiger partial charge in [-0.05, 0) is 13.3 Å². The van der Waals surface area contributed by atoms with Crippen molar-refractivity contribution in [3.63, 3.8) is 0 Å². The fraction of sp³-hybridized carbons (Fsp3) is 0.556. The van der Waals surface area contributed by atoms with Gasteiger partial charge in [-0.15, -0.1) is 10.2 Å². The molecule has 0 saturated carbocycles. The molecule has 1 aliphatic heterocycles. The number of nitrogens with one attached hydrogen (secondary N) is 1. The van der Waals surface area contributed by atoms with Gasteiger partial charge in [0.15, 0.2) is 0 Å². The van der Waals surface area contributed by atoms with E-state index in [0.717, 1.165) is 36.3 Å². The Hall–Kier alpha value is -0.940. The molecular weight excluding hydrogens is 198 g/mol. The first kappa shape index (κ1) is 9.61. The molecule has 76 valence electrons. The van der Waals surface area contributed by atoms with E-state index in [-0.39, 0.29) is 0 Å². The van der Waals surface area contributed by atoms with Crippen molar-refractivity contribution in [3.05, 3.63) is 16.7 Å². The fourth-order valence-corrected chi connectivity index (χ4v) is 1.87. The van der Waals surface area contributed by atoms with E-state index in [9.17, 15) is 0 Å². The Morgan fingerprint density at radius 3 is 3.14 bits per heavy atom. The minimum Gasteiger partial charge on any atom is -0.377 e. The van der Waals surface area contributed by atoms with Crippen molar-refractivity contribution in [2.75, 3.05) is 25.1 Å². The van der Waals surface area contributed by atoms with Crippen molar-refractivity contribution in [1.82, 2.24) is 10.2 Å². The van der Waals surface area contributed by atoms with Gasteiger partial charge in [0.25, 0.3) is 0 Å². The summed E-state index contributed by atoms with van der Waals surface area (Å²) in [5.41, 5.74) is 1.39. The Morgan fingerprint density at radius 1 is 1.57 bits per heavy atom. The van der Waals surface area contributed by atoms with Crippen LogP contribution in [-0.4, -0.2) is 30.0 Å². The normalized spacial score (nSPS) is 16.5. The Morgan fingerprint density at radius 2 is 2.50 bits per heavy atom. The first-order valence-corrected chi connectivity index (χ1v) is 5.46. The number of anilines is 1. The summed E-state index contributed by atoms with van der Waals surface area (Å²) in [7, 11) is 0. The molecule has 0 amide bonds. The van der Waals surface area contributed by atoms with Crippen LogP contribution in [0.1, 0.15) is 11.4 Å². The number of hydrogen-bond acceptors (Lipinski definition) is 5. The summed E-state index contributed by atoms with van der Waals surface area (Å²) in [5, 5.41) is 13.1. The number of aromatic nitrogens is 2. The molecule has 1 aliphatic rings. The molecule has 1 N–H and O–H groups in total. The van der Waals surface area contributed by atoms with Gasteiger partial charge in [0.05, 0.1) is 13.2 Å². The lowest BCUT2D eigenvalue weighted by Gasteiger charge is -2.13. The maximum atomic E-state index is 5.23. The standard InChI is InChI=1S/C9H13N3OS/c1-7-11-12-9(14-7)10-6-8-2-4-13-5-3-8/h2H,3-6H2,1H3,(H,10,12). The lowest BCUT2D eigenvalue weighted by atomic mass is 10.1. The molecule has 0 bridgehead atoms. The maximum absolute atomic E-state index is 5.23. The third-order valence-electron chi connectivity index (χ3n) is 2.05. The van der Waals surface area contributed by atoms with Crippen LogP contribution in [0.3, 0.4) is 0 Å². The number of nitrogens with zero attached hydrogens (tertiary/aromatic N) is 2. The zero-order valence-electron chi connectivity index (χ0n) is 8.12. The summed E-state index contributed by atoms with van der Waals surface area (Å²) in [6.45, 7) is 4.39. The summed E-state index contributed by atoms with van der Waals surface area (Å²) < 4.78 is 5.23. The topological polar surface area (TPSA) is 47.0 Å². The van der Waals surface area contributed by atoms with Gasteiger partial charge >= 0.3 is 0 Å². The number of aryl methyl sites for hydroxylation is 1. The van der Waals surface area contributed by atoms with Crippen molar-refractivity contribution < 1.29 is 4.74 Å². The van der Waals surface area contributed by atoms with Crippen LogP contribution in [-0.2, 0) is 4.74 Å². The summed E-state index contributed by atoms with van der Waals surface area (Å²) in [6.07, 6.45) is 3.15. The zero-order valence-corrected chi connectivity index (χ0v) is 8.93. The van der Waals surface area contributed by atoms with Gasteiger partial charge in [-0.3, -0.25) is 0 Å². The quantitative estimate of drug-likeness (QED) is 0.771. The van der Waals surface area contributed by atoms with E-state index in [1.54, 1.807) is 11.3 Å². The van der Waals surface area contributed by atoms with E-state index in [0.29, 0.717) is 0 Å². The molecule has 4 nitrogen and oxygen atoms in total. The third kappa shape index (κ3) is 2.52. The van der Waals surface area contributed by atoms with Crippen LogP contribution in [0.2, 0.25) is 0 Å². The molecule has 1 aromatic rings. The van der Waals surface area contributed by atoms with E-state index in [4.69, 9.17) is 4.74 Å². The number of hydrogen-bond donors (Lipinski definition) is 1. The summed E-state index contributed by atoms with van der Waals surface area (Å²) in [4.78, 5) is 0. The van der Waals surface area contributed by atoms with E-state index >= 15 is 0 Å². The monoisotopic (exact) mass is 211 g/mol. The molecule has 14 heavy (non-hydrogen) atoms. The van der Waals surface area contributed by atoms with Crippen LogP contribution in [0, 0.1) is 6.92 Å². The van der Waals surface area contributed by atoms with Crippen LogP contribution in [0.5, 0.6) is 0 Å². The summed E-state index contributed by atoms with van der Waals surface area (Å²) >= 11 is 1.58. The van der Waals surface area contributed by atoms with Crippen LogP contribution in [0.4, 0.5) is 5.13 Å². The summed E-state index contributed by atoms with van der Waals surface area (Å²) in [5.74, 6) is 0. The van der Waals surface area contributed by atoms with Crippen molar-refractivity contribution in [3.8, 4) is 0 Å². The molecule has 1 aromatic heterocycles. The first-order valence-electron chi connectivity index (χ1n) is 4.64. The van der Waals surface area contributed by atoms with Crippen molar-refractivity contribution >= 4 is 16.5 Å². The molecule has 0 saturated heterocycles. The zero-order chi connectivity index (χ0) is 9.80. The van der Waals surface area contributed by atoms with Crippen LogP contribution in [0.15, 0.2) is 11.6 Å². The molecule has 0 fully saturated rings. The average Bonchev–Trinajstić information content (AvgIpc) is 2.63. The highest BCUT2D eigenvalue weighted by molar-refractivity contribution is 7.15. The Kier molecular flexibility index (Phi) is 3.10. The second kappa shape index (κ2) is 4.52. The molecule has 0 atom stereocenters. The Labute approximate surface area is 87.0 Å². The van der Waals surface area contributed by atoms with E-state index in [1.807, 2.05) is 6.92 Å². The van der Waals surface area contributed by atoms with Gasteiger partial charge in [0.2, 0.25) is 5.13 Å².